The number of rotatable bonds is 17. The van der Waals surface area contributed by atoms with Crippen LogP contribution in [0.5, 0.6) is 0 Å². The predicted molar refractivity (Wildman–Crippen MR) is 182 cm³/mol. The summed E-state index contributed by atoms with van der Waals surface area (Å²) < 4.78 is 33.3. The van der Waals surface area contributed by atoms with Gasteiger partial charge in [-0.3, -0.25) is 13.6 Å². The maximum Gasteiger partial charge on any atom is 0.474 e. The van der Waals surface area contributed by atoms with Gasteiger partial charge in [0, 0.05) is 20.1 Å². The Hall–Kier alpha value is -0.880. The minimum absolute atomic E-state index is 0.0174. The Morgan fingerprint density at radius 1 is 0.978 bits per heavy atom. The number of hydrogen-bond donors (Lipinski definition) is 1. The minimum atomic E-state index is -3.41. The molecule has 0 aliphatic heterocycles. The molecule has 0 aromatic carbocycles. The molecule has 9 atom stereocenters. The lowest BCUT2D eigenvalue weighted by molar-refractivity contribution is -0.0581. The summed E-state index contributed by atoms with van der Waals surface area (Å²) in [4.78, 5) is 12.6. The molecule has 9 unspecified atom stereocenters. The van der Waals surface area contributed by atoms with Crippen LogP contribution in [0.25, 0.3) is 0 Å². The molecule has 0 saturated heterocycles. The van der Waals surface area contributed by atoms with Crippen molar-refractivity contribution in [3.8, 4) is 0 Å². The number of nitrogens with one attached hydrogen (secondary N) is 1. The summed E-state index contributed by atoms with van der Waals surface area (Å²) in [5.41, 5.74) is 2.35. The molecule has 0 aromatic rings. The van der Waals surface area contributed by atoms with Crippen LogP contribution in [0.3, 0.4) is 0 Å². The number of alkyl carbamates (subject to hydrolysis) is 1. The lowest BCUT2D eigenvalue weighted by atomic mass is 9.47. The lowest BCUT2D eigenvalue weighted by Gasteiger charge is -2.58. The largest absolute Gasteiger partial charge is 0.474 e. The molecule has 4 aliphatic rings. The Bertz CT molecular complexity index is 1030. The molecule has 0 radical (unpaired) electrons. The molecule has 4 aliphatic carbocycles. The Morgan fingerprint density at radius 3 is 2.49 bits per heavy atom. The molecule has 8 heteroatoms. The van der Waals surface area contributed by atoms with Crippen LogP contribution >= 0.6 is 7.82 Å². The van der Waals surface area contributed by atoms with Gasteiger partial charge in [0.2, 0.25) is 0 Å². The van der Waals surface area contributed by atoms with Gasteiger partial charge in [-0.05, 0) is 111 Å². The summed E-state index contributed by atoms with van der Waals surface area (Å²) in [6, 6.07) is 0. The fraction of sp³-hybridized carbons (Fsp3) is 0.919. The number of carbonyl (C=O) groups is 1. The quantitative estimate of drug-likeness (QED) is 0.0957. The van der Waals surface area contributed by atoms with Crippen LogP contribution in [0.1, 0.15) is 138 Å². The monoisotopic (exact) mass is 651 g/mol. The number of carbonyl (C=O) groups excluding carboxylic acids is 1. The maximum absolute atomic E-state index is 12.6. The topological polar surface area (TPSA) is 83.1 Å². The van der Waals surface area contributed by atoms with Crippen LogP contribution in [0.4, 0.5) is 4.79 Å². The molecule has 260 valence electrons. The van der Waals surface area contributed by atoms with Crippen LogP contribution in [0.15, 0.2) is 11.6 Å². The average Bonchev–Trinajstić information content (AvgIpc) is 3.36. The SMILES string of the molecule is CCOP(=O)(OC)OCCCCCCNC(=O)OC1CCC2(C)C(=CCC3C2CCC2(C)C(C(C)CCCC(C)C)CCC32)C1. The van der Waals surface area contributed by atoms with Gasteiger partial charge in [-0.2, -0.15) is 0 Å². The molecular weight excluding hydrogens is 585 g/mol. The highest BCUT2D eigenvalue weighted by atomic mass is 31.2. The normalized spacial score (nSPS) is 34.7. The predicted octanol–water partition coefficient (Wildman–Crippen LogP) is 10.5. The van der Waals surface area contributed by atoms with E-state index in [-0.39, 0.29) is 24.2 Å². The third-order valence-corrected chi connectivity index (χ3v) is 14.2. The van der Waals surface area contributed by atoms with E-state index < -0.39 is 7.82 Å². The first kappa shape index (κ1) is 36.9. The van der Waals surface area contributed by atoms with E-state index in [0.29, 0.717) is 18.6 Å². The number of unbranched alkanes of at least 4 members (excludes halogenated alkanes) is 3. The third kappa shape index (κ3) is 8.98. The van der Waals surface area contributed by atoms with Crippen molar-refractivity contribution in [2.24, 2.45) is 46.3 Å². The lowest BCUT2D eigenvalue weighted by Crippen LogP contribution is -2.51. The minimum Gasteiger partial charge on any atom is -0.446 e. The van der Waals surface area contributed by atoms with Gasteiger partial charge in [0.15, 0.2) is 0 Å². The van der Waals surface area contributed by atoms with E-state index in [1.807, 2.05) is 0 Å². The number of fused-ring (bicyclic) bond motifs is 5. The van der Waals surface area contributed by atoms with Gasteiger partial charge < -0.3 is 10.1 Å². The standard InChI is InChI=1S/C37H66NO6P/c1-8-42-45(40,41-7)43-25-12-10-9-11-24-38-35(39)44-30-20-22-36(5)29(26-30)16-17-31-33-19-18-32(28(4)15-13-14-27(2)3)37(33,6)23-21-34(31)36/h16,27-28,30-34H,8-15,17-26H2,1-7H3,(H,38,39). The fourth-order valence-electron chi connectivity index (χ4n) is 10.2. The van der Waals surface area contributed by atoms with Gasteiger partial charge in [0.1, 0.15) is 6.10 Å². The van der Waals surface area contributed by atoms with Crippen LogP contribution < -0.4 is 5.32 Å². The van der Waals surface area contributed by atoms with Crippen molar-refractivity contribution < 1.29 is 27.7 Å². The third-order valence-electron chi connectivity index (χ3n) is 12.6. The smallest absolute Gasteiger partial charge is 0.446 e. The van der Waals surface area contributed by atoms with Crippen LogP contribution in [-0.2, 0) is 22.9 Å². The molecule has 0 aromatic heterocycles. The summed E-state index contributed by atoms with van der Waals surface area (Å²) in [6.07, 6.45) is 19.8. The highest BCUT2D eigenvalue weighted by Gasteiger charge is 2.59. The molecule has 0 bridgehead atoms. The van der Waals surface area contributed by atoms with Crippen LogP contribution in [0.2, 0.25) is 0 Å². The number of ether oxygens (including phenoxy) is 1. The Balaban J connectivity index is 1.19. The Morgan fingerprint density at radius 2 is 1.76 bits per heavy atom. The first-order valence-electron chi connectivity index (χ1n) is 18.5. The number of allylic oxidation sites excluding steroid dienone is 1. The summed E-state index contributed by atoms with van der Waals surface area (Å²) >= 11 is 0. The van der Waals surface area contributed by atoms with E-state index in [1.165, 1.54) is 58.5 Å². The summed E-state index contributed by atoms with van der Waals surface area (Å²) in [5.74, 6) is 5.05. The molecule has 0 heterocycles. The number of amides is 1. The van der Waals surface area contributed by atoms with E-state index in [1.54, 1.807) is 12.5 Å². The van der Waals surface area contributed by atoms with E-state index >= 15 is 0 Å². The molecule has 7 nitrogen and oxygen atoms in total. The van der Waals surface area contributed by atoms with E-state index in [4.69, 9.17) is 18.3 Å². The van der Waals surface area contributed by atoms with Gasteiger partial charge in [0.25, 0.3) is 0 Å². The molecule has 1 N–H and O–H groups in total. The van der Waals surface area contributed by atoms with Gasteiger partial charge in [-0.25, -0.2) is 9.36 Å². The zero-order chi connectivity index (χ0) is 32.7. The van der Waals surface area contributed by atoms with Crippen molar-refractivity contribution in [2.45, 2.75) is 144 Å². The maximum atomic E-state index is 12.6. The Labute approximate surface area is 275 Å². The van der Waals surface area contributed by atoms with Crippen molar-refractivity contribution in [2.75, 3.05) is 26.9 Å². The van der Waals surface area contributed by atoms with Crippen LogP contribution in [-0.4, -0.2) is 39.1 Å². The molecule has 0 spiro atoms. The average molecular weight is 652 g/mol. The highest BCUT2D eigenvalue weighted by molar-refractivity contribution is 7.48. The molecular formula is C37H66NO6P. The molecule has 3 saturated carbocycles. The summed E-state index contributed by atoms with van der Waals surface area (Å²) in [6.45, 7) is 15.5. The molecule has 4 rings (SSSR count). The van der Waals surface area contributed by atoms with E-state index in [0.717, 1.165) is 80.5 Å². The second-order valence-corrected chi connectivity index (χ2v) is 17.6. The second kappa shape index (κ2) is 16.5. The fourth-order valence-corrected chi connectivity index (χ4v) is 11.1. The van der Waals surface area contributed by atoms with Crippen molar-refractivity contribution in [1.82, 2.24) is 5.32 Å². The molecule has 45 heavy (non-hydrogen) atoms. The van der Waals surface area contributed by atoms with E-state index in [9.17, 15) is 9.36 Å². The van der Waals surface area contributed by atoms with E-state index in [2.05, 4.69) is 46.0 Å². The van der Waals surface area contributed by atoms with Gasteiger partial charge in [-0.15, -0.1) is 0 Å². The first-order chi connectivity index (χ1) is 21.5. The zero-order valence-corrected chi connectivity index (χ0v) is 30.6. The van der Waals surface area contributed by atoms with Crippen LogP contribution in [0, 0.1) is 46.3 Å². The van der Waals surface area contributed by atoms with Gasteiger partial charge in [0.05, 0.1) is 13.2 Å². The van der Waals surface area contributed by atoms with Gasteiger partial charge >= 0.3 is 13.9 Å². The van der Waals surface area contributed by atoms with Crippen molar-refractivity contribution in [3.05, 3.63) is 11.6 Å². The number of phosphoric acid groups is 1. The number of phosphoric ester groups is 1. The summed E-state index contributed by atoms with van der Waals surface area (Å²) in [7, 11) is -2.08. The van der Waals surface area contributed by atoms with Gasteiger partial charge in [-0.1, -0.05) is 78.4 Å². The number of hydrogen-bond acceptors (Lipinski definition) is 6. The zero-order valence-electron chi connectivity index (χ0n) is 29.7. The summed E-state index contributed by atoms with van der Waals surface area (Å²) in [5, 5.41) is 2.96. The van der Waals surface area contributed by atoms with Crippen molar-refractivity contribution >= 4 is 13.9 Å². The molecule has 3 fully saturated rings. The first-order valence-corrected chi connectivity index (χ1v) is 20.0. The second-order valence-electron chi connectivity index (χ2n) is 15.8. The van der Waals surface area contributed by atoms with Crippen molar-refractivity contribution in [1.29, 1.82) is 0 Å². The Kier molecular flexibility index (Phi) is 13.5. The highest BCUT2D eigenvalue weighted by Crippen LogP contribution is 2.67. The van der Waals surface area contributed by atoms with Crippen molar-refractivity contribution in [3.63, 3.8) is 0 Å². The molecule has 1 amide bonds.